The fourth-order valence-corrected chi connectivity index (χ4v) is 3.91. The molecule has 4 aromatic rings. The Kier molecular flexibility index (Phi) is 4.29. The summed E-state index contributed by atoms with van der Waals surface area (Å²) in [6.07, 6.45) is 0. The summed E-state index contributed by atoms with van der Waals surface area (Å²) in [5.74, 6) is -0.279. The van der Waals surface area contributed by atoms with Crippen LogP contribution in [0.1, 0.15) is 0 Å². The highest BCUT2D eigenvalue weighted by Crippen LogP contribution is 2.26. The number of sulfonamides is 1. The first-order valence-corrected chi connectivity index (χ1v) is 9.68. The summed E-state index contributed by atoms with van der Waals surface area (Å²) < 4.78 is 41.1. The number of H-pyrrole nitrogens is 1. The molecular formula is C18H12ClFN4O2S. The van der Waals surface area contributed by atoms with Gasteiger partial charge < -0.3 is 4.98 Å². The summed E-state index contributed by atoms with van der Waals surface area (Å²) in [7, 11) is -3.85. The summed E-state index contributed by atoms with van der Waals surface area (Å²) in [5, 5.41) is 0.295. The van der Waals surface area contributed by atoms with Crippen LogP contribution in [0.5, 0.6) is 0 Å². The van der Waals surface area contributed by atoms with Crippen molar-refractivity contribution in [1.82, 2.24) is 15.0 Å². The molecule has 0 saturated carbocycles. The fourth-order valence-electron chi connectivity index (χ4n) is 2.57. The normalized spacial score (nSPS) is 11.6. The van der Waals surface area contributed by atoms with Gasteiger partial charge in [-0.3, -0.25) is 4.72 Å². The molecule has 0 amide bonds. The number of rotatable bonds is 4. The Bertz CT molecular complexity index is 1260. The van der Waals surface area contributed by atoms with E-state index < -0.39 is 16.0 Å². The van der Waals surface area contributed by atoms with Gasteiger partial charge >= 0.3 is 0 Å². The Labute approximate surface area is 159 Å². The third-order valence-electron chi connectivity index (χ3n) is 3.84. The zero-order chi connectivity index (χ0) is 19.0. The summed E-state index contributed by atoms with van der Waals surface area (Å²) in [6.45, 7) is 0. The largest absolute Gasteiger partial charge is 0.337 e. The molecule has 0 bridgehead atoms. The number of benzene rings is 2. The van der Waals surface area contributed by atoms with Gasteiger partial charge in [0.1, 0.15) is 5.69 Å². The lowest BCUT2D eigenvalue weighted by Crippen LogP contribution is -2.13. The summed E-state index contributed by atoms with van der Waals surface area (Å²) >= 11 is 6.02. The molecule has 0 aliphatic carbocycles. The standard InChI is InChI=1S/C18H12ClFN4O2S/c19-12-4-1-2-5-13(12)24-27(25,26)11-8-9-14-16(10-11)23-18(22-14)15-6-3-7-17(20)21-15/h1-10,24H,(H,22,23). The van der Waals surface area contributed by atoms with Gasteiger partial charge in [-0.15, -0.1) is 0 Å². The highest BCUT2D eigenvalue weighted by molar-refractivity contribution is 7.92. The fraction of sp³-hybridized carbons (Fsp3) is 0. The van der Waals surface area contributed by atoms with E-state index in [-0.39, 0.29) is 10.6 Å². The second-order valence-corrected chi connectivity index (χ2v) is 7.78. The molecule has 0 unspecified atom stereocenters. The number of pyridine rings is 1. The van der Waals surface area contributed by atoms with Gasteiger partial charge in [-0.1, -0.05) is 29.8 Å². The minimum Gasteiger partial charge on any atom is -0.337 e. The van der Waals surface area contributed by atoms with Gasteiger partial charge in [-0.25, -0.2) is 18.4 Å². The van der Waals surface area contributed by atoms with Gasteiger partial charge in [-0.05, 0) is 42.5 Å². The molecule has 6 nitrogen and oxygen atoms in total. The second-order valence-electron chi connectivity index (χ2n) is 5.70. The number of imidazole rings is 1. The van der Waals surface area contributed by atoms with Crippen molar-refractivity contribution in [3.05, 3.63) is 71.6 Å². The number of nitrogens with zero attached hydrogens (tertiary/aromatic N) is 2. The van der Waals surface area contributed by atoms with Gasteiger partial charge in [0.25, 0.3) is 10.0 Å². The third kappa shape index (κ3) is 3.49. The first-order valence-electron chi connectivity index (χ1n) is 7.82. The van der Waals surface area contributed by atoms with Crippen molar-refractivity contribution in [2.45, 2.75) is 4.90 Å². The minimum atomic E-state index is -3.85. The van der Waals surface area contributed by atoms with Gasteiger partial charge in [0.2, 0.25) is 5.95 Å². The predicted molar refractivity (Wildman–Crippen MR) is 102 cm³/mol. The summed E-state index contributed by atoms with van der Waals surface area (Å²) in [5.41, 5.74) is 1.63. The van der Waals surface area contributed by atoms with Crippen LogP contribution in [-0.4, -0.2) is 23.4 Å². The molecular weight excluding hydrogens is 391 g/mol. The molecule has 0 saturated heterocycles. The number of aromatic amines is 1. The zero-order valence-corrected chi connectivity index (χ0v) is 15.2. The Morgan fingerprint density at radius 3 is 2.59 bits per heavy atom. The maximum atomic E-state index is 13.3. The molecule has 0 aliphatic heterocycles. The quantitative estimate of drug-likeness (QED) is 0.500. The summed E-state index contributed by atoms with van der Waals surface area (Å²) in [6, 6.07) is 15.4. The molecule has 2 N–H and O–H groups in total. The second kappa shape index (κ2) is 6.64. The molecule has 0 spiro atoms. The number of hydrogen-bond acceptors (Lipinski definition) is 4. The van der Waals surface area contributed by atoms with E-state index in [0.717, 1.165) is 0 Å². The lowest BCUT2D eigenvalue weighted by molar-refractivity contribution is 0.585. The highest BCUT2D eigenvalue weighted by atomic mass is 35.5. The van der Waals surface area contributed by atoms with Crippen LogP contribution in [0.2, 0.25) is 5.02 Å². The molecule has 2 aromatic carbocycles. The Balaban J connectivity index is 1.72. The van der Waals surface area contributed by atoms with E-state index in [4.69, 9.17) is 11.6 Å². The number of anilines is 1. The van der Waals surface area contributed by atoms with E-state index in [1.807, 2.05) is 0 Å². The average Bonchev–Trinajstić information content (AvgIpc) is 3.07. The van der Waals surface area contributed by atoms with E-state index in [0.29, 0.717) is 27.6 Å². The SMILES string of the molecule is O=S(=O)(Nc1ccccc1Cl)c1ccc2nc(-c3cccc(F)n3)[nH]c2c1. The smallest absolute Gasteiger partial charge is 0.262 e. The molecule has 0 fully saturated rings. The first kappa shape index (κ1) is 17.4. The highest BCUT2D eigenvalue weighted by Gasteiger charge is 2.17. The van der Waals surface area contributed by atoms with E-state index in [9.17, 15) is 12.8 Å². The molecule has 136 valence electrons. The number of halogens is 2. The topological polar surface area (TPSA) is 87.7 Å². The molecule has 0 aliphatic rings. The molecule has 2 heterocycles. The van der Waals surface area contributed by atoms with Crippen molar-refractivity contribution >= 4 is 38.3 Å². The van der Waals surface area contributed by atoms with Crippen LogP contribution in [0, 0.1) is 5.95 Å². The minimum absolute atomic E-state index is 0.0392. The van der Waals surface area contributed by atoms with Crippen LogP contribution in [-0.2, 0) is 10.0 Å². The van der Waals surface area contributed by atoms with Crippen molar-refractivity contribution in [3.8, 4) is 11.5 Å². The first-order chi connectivity index (χ1) is 12.9. The molecule has 0 radical (unpaired) electrons. The van der Waals surface area contributed by atoms with Crippen LogP contribution in [0.25, 0.3) is 22.6 Å². The van der Waals surface area contributed by atoms with Crippen molar-refractivity contribution in [2.75, 3.05) is 4.72 Å². The van der Waals surface area contributed by atoms with Gasteiger partial charge in [0.15, 0.2) is 5.82 Å². The number of para-hydroxylation sites is 1. The van der Waals surface area contributed by atoms with E-state index in [1.165, 1.54) is 24.3 Å². The van der Waals surface area contributed by atoms with Crippen LogP contribution in [0.3, 0.4) is 0 Å². The van der Waals surface area contributed by atoms with Gasteiger partial charge in [0.05, 0.1) is 26.6 Å². The number of hydrogen-bond donors (Lipinski definition) is 2. The van der Waals surface area contributed by atoms with Crippen LogP contribution in [0.4, 0.5) is 10.1 Å². The third-order valence-corrected chi connectivity index (χ3v) is 5.53. The van der Waals surface area contributed by atoms with Crippen LogP contribution in [0.15, 0.2) is 65.6 Å². The maximum absolute atomic E-state index is 13.3. The van der Waals surface area contributed by atoms with Gasteiger partial charge in [0, 0.05) is 0 Å². The zero-order valence-electron chi connectivity index (χ0n) is 13.6. The average molecular weight is 403 g/mol. The maximum Gasteiger partial charge on any atom is 0.262 e. The summed E-state index contributed by atoms with van der Waals surface area (Å²) in [4.78, 5) is 11.1. The Morgan fingerprint density at radius 1 is 1.00 bits per heavy atom. The monoisotopic (exact) mass is 402 g/mol. The molecule has 0 atom stereocenters. The van der Waals surface area contributed by atoms with Crippen molar-refractivity contribution in [2.24, 2.45) is 0 Å². The number of nitrogens with one attached hydrogen (secondary N) is 2. The predicted octanol–water partition coefficient (Wildman–Crippen LogP) is 4.22. The molecule has 9 heteroatoms. The number of fused-ring (bicyclic) bond motifs is 1. The lowest BCUT2D eigenvalue weighted by Gasteiger charge is -2.09. The molecule has 4 rings (SSSR count). The van der Waals surface area contributed by atoms with Crippen molar-refractivity contribution < 1.29 is 12.8 Å². The van der Waals surface area contributed by atoms with E-state index in [1.54, 1.807) is 36.4 Å². The molecule has 2 aromatic heterocycles. The molecule has 27 heavy (non-hydrogen) atoms. The lowest BCUT2D eigenvalue weighted by atomic mass is 10.3. The van der Waals surface area contributed by atoms with Gasteiger partial charge in [-0.2, -0.15) is 4.39 Å². The van der Waals surface area contributed by atoms with Crippen molar-refractivity contribution in [3.63, 3.8) is 0 Å². The van der Waals surface area contributed by atoms with Crippen LogP contribution >= 0.6 is 11.6 Å². The van der Waals surface area contributed by atoms with Crippen molar-refractivity contribution in [1.29, 1.82) is 0 Å². The van der Waals surface area contributed by atoms with E-state index >= 15 is 0 Å². The Hall–Kier alpha value is -2.97. The van der Waals surface area contributed by atoms with E-state index in [2.05, 4.69) is 19.7 Å². The number of aromatic nitrogens is 3. The Morgan fingerprint density at radius 2 is 1.81 bits per heavy atom. The van der Waals surface area contributed by atoms with Crippen LogP contribution < -0.4 is 4.72 Å².